The Bertz CT molecular complexity index is 674. The molecule has 0 radical (unpaired) electrons. The molecule has 1 amide bonds. The van der Waals surface area contributed by atoms with Gasteiger partial charge in [0.05, 0.1) is 19.2 Å². The average molecular weight is 349 g/mol. The van der Waals surface area contributed by atoms with Gasteiger partial charge in [-0.25, -0.2) is 0 Å². The molecule has 1 N–H and O–H groups in total. The van der Waals surface area contributed by atoms with Gasteiger partial charge in [0.1, 0.15) is 11.6 Å². The van der Waals surface area contributed by atoms with Gasteiger partial charge in [-0.15, -0.1) is 0 Å². The van der Waals surface area contributed by atoms with E-state index in [0.29, 0.717) is 22.1 Å². The van der Waals surface area contributed by atoms with Crippen LogP contribution in [-0.2, 0) is 4.79 Å². The molecule has 0 heterocycles. The molecule has 0 saturated heterocycles. The Labute approximate surface area is 147 Å². The van der Waals surface area contributed by atoms with Crippen LogP contribution in [0.15, 0.2) is 17.7 Å². The van der Waals surface area contributed by atoms with E-state index in [1.807, 2.05) is 6.07 Å². The van der Waals surface area contributed by atoms with Gasteiger partial charge in [-0.2, -0.15) is 5.26 Å². The fourth-order valence-corrected chi connectivity index (χ4v) is 3.14. The number of amides is 1. The molecule has 6 heteroatoms. The first-order valence-electron chi connectivity index (χ1n) is 7.93. The molecule has 0 atom stereocenters. The molecule has 1 fully saturated rings. The van der Waals surface area contributed by atoms with Crippen molar-refractivity contribution in [3.63, 3.8) is 0 Å². The first-order valence-corrected chi connectivity index (χ1v) is 8.31. The second kappa shape index (κ2) is 8.60. The molecule has 0 aliphatic heterocycles. The van der Waals surface area contributed by atoms with E-state index in [4.69, 9.17) is 21.1 Å². The summed E-state index contributed by atoms with van der Waals surface area (Å²) in [7, 11) is 3.00. The predicted molar refractivity (Wildman–Crippen MR) is 93.2 cm³/mol. The van der Waals surface area contributed by atoms with Gasteiger partial charge in [-0.3, -0.25) is 4.79 Å². The summed E-state index contributed by atoms with van der Waals surface area (Å²) in [6.07, 6.45) is 6.87. The topological polar surface area (TPSA) is 71.3 Å². The van der Waals surface area contributed by atoms with E-state index < -0.39 is 0 Å². The normalized spacial score (nSPS) is 15.5. The van der Waals surface area contributed by atoms with Gasteiger partial charge in [0, 0.05) is 6.04 Å². The summed E-state index contributed by atoms with van der Waals surface area (Å²) in [5.41, 5.74) is 0.650. The lowest BCUT2D eigenvalue weighted by atomic mass is 9.95. The molecule has 1 aromatic carbocycles. The van der Waals surface area contributed by atoms with Gasteiger partial charge in [0.15, 0.2) is 11.5 Å². The van der Waals surface area contributed by atoms with Crippen LogP contribution in [-0.4, -0.2) is 26.2 Å². The summed E-state index contributed by atoms with van der Waals surface area (Å²) in [6.45, 7) is 0. The SMILES string of the molecule is COc1cc(/C=C(\C#N)C(=O)NC2CCCCC2)cc(Cl)c1OC. The maximum absolute atomic E-state index is 12.3. The number of halogens is 1. The second-order valence-corrected chi connectivity index (χ2v) is 6.12. The summed E-state index contributed by atoms with van der Waals surface area (Å²) in [6, 6.07) is 5.42. The van der Waals surface area contributed by atoms with Gasteiger partial charge in [0.2, 0.25) is 0 Å². The van der Waals surface area contributed by atoms with Crippen LogP contribution < -0.4 is 14.8 Å². The van der Waals surface area contributed by atoms with Gasteiger partial charge < -0.3 is 14.8 Å². The van der Waals surface area contributed by atoms with Gasteiger partial charge in [-0.05, 0) is 36.6 Å². The third-order valence-electron chi connectivity index (χ3n) is 4.07. The minimum Gasteiger partial charge on any atom is -0.493 e. The molecule has 0 bridgehead atoms. The minimum absolute atomic E-state index is 0.0452. The summed E-state index contributed by atoms with van der Waals surface area (Å²) in [5, 5.41) is 12.6. The predicted octanol–water partition coefficient (Wildman–Crippen LogP) is 3.71. The Hall–Kier alpha value is -2.19. The fourth-order valence-electron chi connectivity index (χ4n) is 2.85. The van der Waals surface area contributed by atoms with Crippen molar-refractivity contribution in [3.8, 4) is 17.6 Å². The van der Waals surface area contributed by atoms with Crippen LogP contribution in [0, 0.1) is 11.3 Å². The van der Waals surface area contributed by atoms with Crippen molar-refractivity contribution >= 4 is 23.6 Å². The van der Waals surface area contributed by atoms with Crippen LogP contribution in [0.25, 0.3) is 6.08 Å². The Morgan fingerprint density at radius 2 is 2.00 bits per heavy atom. The number of ether oxygens (including phenoxy) is 2. The molecule has 1 aliphatic carbocycles. The van der Waals surface area contributed by atoms with Crippen molar-refractivity contribution in [1.82, 2.24) is 5.32 Å². The highest BCUT2D eigenvalue weighted by molar-refractivity contribution is 6.32. The minimum atomic E-state index is -0.352. The van der Waals surface area contributed by atoms with E-state index in [2.05, 4.69) is 5.32 Å². The highest BCUT2D eigenvalue weighted by Crippen LogP contribution is 2.36. The molecule has 24 heavy (non-hydrogen) atoms. The van der Waals surface area contributed by atoms with Gasteiger partial charge in [0.25, 0.3) is 5.91 Å². The van der Waals surface area contributed by atoms with Crippen molar-refractivity contribution in [1.29, 1.82) is 5.26 Å². The number of benzene rings is 1. The zero-order chi connectivity index (χ0) is 17.5. The molecule has 128 valence electrons. The standard InChI is InChI=1S/C18H21ClN2O3/c1-23-16-10-12(9-15(19)17(16)24-2)8-13(11-20)18(22)21-14-6-4-3-5-7-14/h8-10,14H,3-7H2,1-2H3,(H,21,22)/b13-8+. The second-order valence-electron chi connectivity index (χ2n) is 5.72. The van der Waals surface area contributed by atoms with E-state index in [-0.39, 0.29) is 17.5 Å². The van der Waals surface area contributed by atoms with E-state index in [1.54, 1.807) is 12.1 Å². The third-order valence-corrected chi connectivity index (χ3v) is 4.35. The van der Waals surface area contributed by atoms with E-state index in [9.17, 15) is 10.1 Å². The van der Waals surface area contributed by atoms with Crippen molar-refractivity contribution in [2.45, 2.75) is 38.1 Å². The monoisotopic (exact) mass is 348 g/mol. The van der Waals surface area contributed by atoms with Crippen molar-refractivity contribution in [2.75, 3.05) is 14.2 Å². The largest absolute Gasteiger partial charge is 0.493 e. The lowest BCUT2D eigenvalue weighted by molar-refractivity contribution is -0.117. The number of hydrogen-bond acceptors (Lipinski definition) is 4. The van der Waals surface area contributed by atoms with E-state index in [1.165, 1.54) is 26.7 Å². The molecule has 0 aromatic heterocycles. The molecule has 5 nitrogen and oxygen atoms in total. The maximum Gasteiger partial charge on any atom is 0.262 e. The van der Waals surface area contributed by atoms with Crippen LogP contribution in [0.4, 0.5) is 0 Å². The van der Waals surface area contributed by atoms with Crippen LogP contribution >= 0.6 is 11.6 Å². The number of carbonyl (C=O) groups excluding carboxylic acids is 1. The lowest BCUT2D eigenvalue weighted by Crippen LogP contribution is -2.36. The fraction of sp³-hybridized carbons (Fsp3) is 0.444. The van der Waals surface area contributed by atoms with Crippen molar-refractivity contribution in [2.24, 2.45) is 0 Å². The zero-order valence-corrected chi connectivity index (χ0v) is 14.7. The number of hydrogen-bond donors (Lipinski definition) is 1. The average Bonchev–Trinajstić information content (AvgIpc) is 2.59. The number of nitrogens with zero attached hydrogens (tertiary/aromatic N) is 1. The quantitative estimate of drug-likeness (QED) is 0.650. The third kappa shape index (κ3) is 4.42. The first-order chi connectivity index (χ1) is 11.6. The summed E-state index contributed by atoms with van der Waals surface area (Å²) < 4.78 is 10.4. The summed E-state index contributed by atoms with van der Waals surface area (Å²) in [4.78, 5) is 12.3. The number of rotatable bonds is 5. The maximum atomic E-state index is 12.3. The number of nitrogens with one attached hydrogen (secondary N) is 1. The zero-order valence-electron chi connectivity index (χ0n) is 13.9. The molecule has 0 spiro atoms. The molecular formula is C18H21ClN2O3. The Kier molecular flexibility index (Phi) is 6.51. The molecule has 1 saturated carbocycles. The molecule has 1 aromatic rings. The summed E-state index contributed by atoms with van der Waals surface area (Å²) >= 11 is 6.16. The van der Waals surface area contributed by atoms with E-state index >= 15 is 0 Å². The van der Waals surface area contributed by atoms with Crippen LogP contribution in [0.1, 0.15) is 37.7 Å². The highest BCUT2D eigenvalue weighted by atomic mass is 35.5. The van der Waals surface area contributed by atoms with Crippen LogP contribution in [0.5, 0.6) is 11.5 Å². The molecule has 2 rings (SSSR count). The van der Waals surface area contributed by atoms with Crippen molar-refractivity contribution < 1.29 is 14.3 Å². The summed E-state index contributed by atoms with van der Waals surface area (Å²) in [5.74, 6) is 0.512. The number of nitriles is 1. The van der Waals surface area contributed by atoms with E-state index in [0.717, 1.165) is 25.7 Å². The molecular weight excluding hydrogens is 328 g/mol. The van der Waals surface area contributed by atoms with Crippen molar-refractivity contribution in [3.05, 3.63) is 28.3 Å². The van der Waals surface area contributed by atoms with Crippen LogP contribution in [0.3, 0.4) is 0 Å². The van der Waals surface area contributed by atoms with Crippen LogP contribution in [0.2, 0.25) is 5.02 Å². The highest BCUT2D eigenvalue weighted by Gasteiger charge is 2.18. The smallest absolute Gasteiger partial charge is 0.262 e. The van der Waals surface area contributed by atoms with Gasteiger partial charge in [-0.1, -0.05) is 30.9 Å². The molecule has 0 unspecified atom stereocenters. The number of methoxy groups -OCH3 is 2. The Morgan fingerprint density at radius 3 is 2.58 bits per heavy atom. The Balaban J connectivity index is 2.21. The molecule has 1 aliphatic rings. The lowest BCUT2D eigenvalue weighted by Gasteiger charge is -2.22. The van der Waals surface area contributed by atoms with Gasteiger partial charge >= 0.3 is 0 Å². The number of carbonyl (C=O) groups is 1. The first kappa shape index (κ1) is 18.2. The Morgan fingerprint density at radius 1 is 1.29 bits per heavy atom.